The van der Waals surface area contributed by atoms with Gasteiger partial charge in [0.1, 0.15) is 5.60 Å². The molecule has 0 saturated carbocycles. The van der Waals surface area contributed by atoms with Gasteiger partial charge in [-0.15, -0.1) is 0 Å². The summed E-state index contributed by atoms with van der Waals surface area (Å²) >= 11 is 18.4. The smallest absolute Gasteiger partial charge is 0.410 e. The maximum atomic E-state index is 12.5. The van der Waals surface area contributed by atoms with Crippen LogP contribution < -0.4 is 4.90 Å². The number of carbonyl (C=O) groups excluding carboxylic acids is 1. The zero-order valence-corrected chi connectivity index (χ0v) is 20.0. The number of hydrogen-bond acceptors (Lipinski definition) is 6. The number of hydrogen-bond donors (Lipinski definition) is 0. The first-order valence-corrected chi connectivity index (χ1v) is 11.2. The molecule has 3 heterocycles. The summed E-state index contributed by atoms with van der Waals surface area (Å²) in [6, 6.07) is 7.90. The van der Waals surface area contributed by atoms with E-state index < -0.39 is 9.39 Å². The minimum absolute atomic E-state index is 0.0238. The molecule has 1 amide bonds. The fourth-order valence-corrected chi connectivity index (χ4v) is 4.16. The topological polar surface area (TPSA) is 71.5 Å². The maximum absolute atomic E-state index is 12.5. The summed E-state index contributed by atoms with van der Waals surface area (Å²) in [5.41, 5.74) is 1.40. The highest BCUT2D eigenvalue weighted by Crippen LogP contribution is 2.39. The van der Waals surface area contributed by atoms with E-state index in [4.69, 9.17) is 39.5 Å². The first-order valence-electron chi connectivity index (χ1n) is 10.1. The van der Waals surface area contributed by atoms with Gasteiger partial charge in [-0.05, 0) is 34.1 Å². The molecule has 0 N–H and O–H groups in total. The van der Waals surface area contributed by atoms with Crippen LogP contribution in [0.2, 0.25) is 0 Å². The standard InChI is InChI=1S/C21H24Cl3N5O2/c1-12-5-7-13(8-6-12)16-25-17(21(22,23)24)27-18(26-16)28-10-15-9-14(28)11-29(15)19(30)31-20(2,3)4/h5-8,14-15H,9-11H2,1-4H3. The third-order valence-electron chi connectivity index (χ3n) is 5.31. The summed E-state index contributed by atoms with van der Waals surface area (Å²) in [5.74, 6) is 0.964. The zero-order valence-electron chi connectivity index (χ0n) is 17.8. The van der Waals surface area contributed by atoms with Crippen molar-refractivity contribution in [1.82, 2.24) is 19.9 Å². The molecule has 1 aromatic carbocycles. The molecule has 1 aromatic heterocycles. The quantitative estimate of drug-likeness (QED) is 0.566. The highest BCUT2D eigenvalue weighted by molar-refractivity contribution is 6.66. The van der Waals surface area contributed by atoms with E-state index in [1.54, 1.807) is 4.90 Å². The lowest BCUT2D eigenvalue weighted by molar-refractivity contribution is 0.0214. The number of alkyl halides is 3. The predicted octanol–water partition coefficient (Wildman–Crippen LogP) is 4.87. The Morgan fingerprint density at radius 3 is 2.26 bits per heavy atom. The monoisotopic (exact) mass is 483 g/mol. The molecule has 7 nitrogen and oxygen atoms in total. The van der Waals surface area contributed by atoms with Crippen LogP contribution in [-0.4, -0.2) is 56.7 Å². The lowest BCUT2D eigenvalue weighted by Crippen LogP contribution is -2.50. The van der Waals surface area contributed by atoms with E-state index >= 15 is 0 Å². The second-order valence-electron chi connectivity index (χ2n) is 8.97. The van der Waals surface area contributed by atoms with Gasteiger partial charge in [-0.25, -0.2) is 9.78 Å². The van der Waals surface area contributed by atoms with E-state index in [2.05, 4.69) is 19.9 Å². The highest BCUT2D eigenvalue weighted by Gasteiger charge is 2.48. The van der Waals surface area contributed by atoms with Crippen molar-refractivity contribution in [3.8, 4) is 11.4 Å². The van der Waals surface area contributed by atoms with Crippen molar-refractivity contribution < 1.29 is 9.53 Å². The van der Waals surface area contributed by atoms with Crippen LogP contribution in [0.1, 0.15) is 38.6 Å². The van der Waals surface area contributed by atoms with Crippen LogP contribution in [0.15, 0.2) is 24.3 Å². The Labute approximate surface area is 196 Å². The molecule has 2 fully saturated rings. The van der Waals surface area contributed by atoms with Crippen LogP contribution in [0, 0.1) is 6.92 Å². The molecule has 10 heteroatoms. The number of fused-ring (bicyclic) bond motifs is 2. The molecule has 2 aliphatic rings. The van der Waals surface area contributed by atoms with Gasteiger partial charge < -0.3 is 14.5 Å². The van der Waals surface area contributed by atoms with Gasteiger partial charge in [-0.1, -0.05) is 64.6 Å². The Morgan fingerprint density at radius 1 is 1.03 bits per heavy atom. The molecule has 4 rings (SSSR count). The van der Waals surface area contributed by atoms with E-state index in [0.29, 0.717) is 24.9 Å². The minimum atomic E-state index is -1.78. The van der Waals surface area contributed by atoms with Crippen molar-refractivity contribution >= 4 is 46.8 Å². The number of benzene rings is 1. The zero-order chi connectivity index (χ0) is 22.6. The minimum Gasteiger partial charge on any atom is -0.444 e. The summed E-state index contributed by atoms with van der Waals surface area (Å²) < 4.78 is 3.76. The lowest BCUT2D eigenvalue weighted by Gasteiger charge is -2.35. The molecule has 0 radical (unpaired) electrons. The third-order valence-corrected chi connectivity index (χ3v) is 5.82. The summed E-state index contributed by atoms with van der Waals surface area (Å²) in [5, 5.41) is 0. The molecule has 2 atom stereocenters. The number of anilines is 1. The Hall–Kier alpha value is -1.83. The molecule has 0 aliphatic carbocycles. The summed E-state index contributed by atoms with van der Waals surface area (Å²) in [7, 11) is 0. The molecule has 2 bridgehead atoms. The number of carbonyl (C=O) groups is 1. The van der Waals surface area contributed by atoms with E-state index in [9.17, 15) is 4.79 Å². The largest absolute Gasteiger partial charge is 0.444 e. The van der Waals surface area contributed by atoms with E-state index in [-0.39, 0.29) is 24.0 Å². The van der Waals surface area contributed by atoms with Gasteiger partial charge >= 0.3 is 6.09 Å². The van der Waals surface area contributed by atoms with Gasteiger partial charge in [0.05, 0.1) is 12.1 Å². The first kappa shape index (κ1) is 22.4. The number of rotatable bonds is 2. The van der Waals surface area contributed by atoms with Crippen molar-refractivity contribution in [2.24, 2.45) is 0 Å². The van der Waals surface area contributed by atoms with Crippen LogP contribution in [0.3, 0.4) is 0 Å². The number of likely N-dealkylation sites (tertiary alicyclic amines) is 1. The van der Waals surface area contributed by atoms with Crippen molar-refractivity contribution in [2.75, 3.05) is 18.0 Å². The van der Waals surface area contributed by atoms with E-state index in [0.717, 1.165) is 17.5 Å². The van der Waals surface area contributed by atoms with Gasteiger partial charge in [-0.3, -0.25) is 0 Å². The molecular weight excluding hydrogens is 461 g/mol. The molecule has 0 spiro atoms. The first-order chi connectivity index (χ1) is 14.4. The van der Waals surface area contributed by atoms with Crippen LogP contribution in [-0.2, 0) is 8.53 Å². The van der Waals surface area contributed by atoms with E-state index in [1.807, 2.05) is 52.0 Å². The molecule has 166 valence electrons. The molecular formula is C21H24Cl3N5O2. The van der Waals surface area contributed by atoms with Crippen LogP contribution >= 0.6 is 34.8 Å². The van der Waals surface area contributed by atoms with Gasteiger partial charge in [0, 0.05) is 18.7 Å². The Bertz CT molecular complexity index is 988. The fraction of sp³-hybridized carbons (Fsp3) is 0.524. The second-order valence-corrected chi connectivity index (χ2v) is 11.3. The maximum Gasteiger partial charge on any atom is 0.410 e. The van der Waals surface area contributed by atoms with Gasteiger partial charge in [0.25, 0.3) is 0 Å². The molecule has 2 unspecified atom stereocenters. The number of ether oxygens (including phenoxy) is 1. The number of amides is 1. The van der Waals surface area contributed by atoms with Gasteiger partial charge in [0.15, 0.2) is 11.6 Å². The number of aromatic nitrogens is 3. The predicted molar refractivity (Wildman–Crippen MR) is 122 cm³/mol. The Morgan fingerprint density at radius 2 is 1.71 bits per heavy atom. The van der Waals surface area contributed by atoms with Crippen molar-refractivity contribution in [3.05, 3.63) is 35.7 Å². The Kier molecular flexibility index (Phi) is 5.73. The normalized spacial score (nSPS) is 21.0. The number of halogens is 3. The summed E-state index contributed by atoms with van der Waals surface area (Å²) in [6.07, 6.45) is 0.520. The average molecular weight is 485 g/mol. The number of piperazine rings is 1. The van der Waals surface area contributed by atoms with E-state index in [1.165, 1.54) is 0 Å². The third kappa shape index (κ3) is 4.83. The molecule has 31 heavy (non-hydrogen) atoms. The van der Waals surface area contributed by atoms with Crippen LogP contribution in [0.4, 0.5) is 10.7 Å². The van der Waals surface area contributed by atoms with Crippen molar-refractivity contribution in [2.45, 2.75) is 55.6 Å². The van der Waals surface area contributed by atoms with Gasteiger partial charge in [0.2, 0.25) is 9.74 Å². The molecule has 2 aromatic rings. The van der Waals surface area contributed by atoms with Gasteiger partial charge in [-0.2, -0.15) is 9.97 Å². The van der Waals surface area contributed by atoms with Crippen LogP contribution in [0.25, 0.3) is 11.4 Å². The SMILES string of the molecule is Cc1ccc(-c2nc(N3CC4CC3CN4C(=O)OC(C)(C)C)nc(C(Cl)(Cl)Cl)n2)cc1. The summed E-state index contributed by atoms with van der Waals surface area (Å²) in [4.78, 5) is 29.9. The lowest BCUT2D eigenvalue weighted by atomic mass is 10.1. The van der Waals surface area contributed by atoms with Crippen molar-refractivity contribution in [3.63, 3.8) is 0 Å². The van der Waals surface area contributed by atoms with Crippen LogP contribution in [0.5, 0.6) is 0 Å². The van der Waals surface area contributed by atoms with Crippen molar-refractivity contribution in [1.29, 1.82) is 0 Å². The highest BCUT2D eigenvalue weighted by atomic mass is 35.6. The molecule has 2 aliphatic heterocycles. The molecule has 2 saturated heterocycles. The second kappa shape index (κ2) is 7.94. The average Bonchev–Trinajstić information content (AvgIpc) is 3.27. The Balaban J connectivity index is 1.61. The fourth-order valence-electron chi connectivity index (χ4n) is 3.91. The summed E-state index contributed by atoms with van der Waals surface area (Å²) in [6.45, 7) is 8.71. The number of nitrogens with zero attached hydrogens (tertiary/aromatic N) is 5. The number of aryl methyl sites for hydroxylation is 1.